The molecule has 0 heterocycles. The predicted octanol–water partition coefficient (Wildman–Crippen LogP) is 3.63. The lowest BCUT2D eigenvalue weighted by atomic mass is 10.1. The van der Waals surface area contributed by atoms with Gasteiger partial charge in [-0.1, -0.05) is 26.0 Å². The zero-order chi connectivity index (χ0) is 12.8. The number of hydrogen-bond donors (Lipinski definition) is 1. The molecule has 1 amide bonds. The lowest BCUT2D eigenvalue weighted by Gasteiger charge is -2.09. The summed E-state index contributed by atoms with van der Waals surface area (Å²) >= 11 is 1.69. The minimum Gasteiger partial charge on any atom is -0.325 e. The number of nitrogens with one attached hydrogen (secondary N) is 1. The number of carbonyl (C=O) groups is 1. The van der Waals surface area contributed by atoms with Crippen molar-refractivity contribution in [2.24, 2.45) is 5.92 Å². The lowest BCUT2D eigenvalue weighted by molar-refractivity contribution is -0.113. The average molecular weight is 251 g/mol. The van der Waals surface area contributed by atoms with Crippen molar-refractivity contribution in [3.8, 4) is 0 Å². The topological polar surface area (TPSA) is 29.1 Å². The number of anilines is 1. The molecule has 17 heavy (non-hydrogen) atoms. The number of carbonyl (C=O) groups excluding carboxylic acids is 1. The van der Waals surface area contributed by atoms with Gasteiger partial charge in [-0.3, -0.25) is 4.79 Å². The number of aryl methyl sites for hydroxylation is 2. The zero-order valence-corrected chi connectivity index (χ0v) is 11.9. The molecule has 1 aromatic carbocycles. The predicted molar refractivity (Wildman–Crippen MR) is 76.7 cm³/mol. The summed E-state index contributed by atoms with van der Waals surface area (Å²) in [5.41, 5.74) is 3.21. The normalized spacial score (nSPS) is 10.6. The second-order valence-electron chi connectivity index (χ2n) is 4.78. The van der Waals surface area contributed by atoms with E-state index in [2.05, 4.69) is 25.2 Å². The highest BCUT2D eigenvalue weighted by atomic mass is 32.2. The quantitative estimate of drug-likeness (QED) is 0.865. The van der Waals surface area contributed by atoms with Gasteiger partial charge >= 0.3 is 0 Å². The van der Waals surface area contributed by atoms with Gasteiger partial charge in [-0.05, 0) is 42.7 Å². The van der Waals surface area contributed by atoms with Crippen LogP contribution in [-0.2, 0) is 4.79 Å². The molecule has 0 bridgehead atoms. The highest BCUT2D eigenvalue weighted by Gasteiger charge is 2.05. The molecule has 0 atom stereocenters. The van der Waals surface area contributed by atoms with Gasteiger partial charge in [-0.2, -0.15) is 11.8 Å². The minimum atomic E-state index is 0.0874. The van der Waals surface area contributed by atoms with Crippen molar-refractivity contribution in [1.82, 2.24) is 0 Å². The average Bonchev–Trinajstić information content (AvgIpc) is 2.23. The highest BCUT2D eigenvalue weighted by molar-refractivity contribution is 7.99. The molecule has 2 nitrogen and oxygen atoms in total. The monoisotopic (exact) mass is 251 g/mol. The molecule has 0 saturated carbocycles. The maximum absolute atomic E-state index is 11.7. The van der Waals surface area contributed by atoms with E-state index in [1.54, 1.807) is 11.8 Å². The van der Waals surface area contributed by atoms with Gasteiger partial charge in [0.2, 0.25) is 5.91 Å². The summed E-state index contributed by atoms with van der Waals surface area (Å²) in [5.74, 6) is 2.28. The van der Waals surface area contributed by atoms with Gasteiger partial charge in [0.1, 0.15) is 0 Å². The van der Waals surface area contributed by atoms with E-state index in [-0.39, 0.29) is 5.91 Å². The second-order valence-corrected chi connectivity index (χ2v) is 5.81. The summed E-state index contributed by atoms with van der Waals surface area (Å²) < 4.78 is 0. The van der Waals surface area contributed by atoms with Gasteiger partial charge in [0, 0.05) is 5.69 Å². The van der Waals surface area contributed by atoms with E-state index in [1.807, 2.05) is 26.0 Å². The maximum Gasteiger partial charge on any atom is 0.234 e. The van der Waals surface area contributed by atoms with E-state index >= 15 is 0 Å². The molecule has 3 heteroatoms. The van der Waals surface area contributed by atoms with E-state index in [9.17, 15) is 4.79 Å². The Hall–Kier alpha value is -0.960. The van der Waals surface area contributed by atoms with Crippen LogP contribution in [-0.4, -0.2) is 17.4 Å². The van der Waals surface area contributed by atoms with Crippen LogP contribution in [0.2, 0.25) is 0 Å². The molecular formula is C14H21NOS. The van der Waals surface area contributed by atoms with E-state index in [1.165, 1.54) is 5.56 Å². The fourth-order valence-corrected chi connectivity index (χ4v) is 2.29. The molecule has 1 N–H and O–H groups in total. The largest absolute Gasteiger partial charge is 0.325 e. The van der Waals surface area contributed by atoms with Gasteiger partial charge in [0.25, 0.3) is 0 Å². The van der Waals surface area contributed by atoms with Crippen LogP contribution in [0.1, 0.15) is 25.0 Å². The zero-order valence-electron chi connectivity index (χ0n) is 11.0. The van der Waals surface area contributed by atoms with E-state index in [0.717, 1.165) is 17.0 Å². The van der Waals surface area contributed by atoms with Crippen molar-refractivity contribution in [3.05, 3.63) is 29.3 Å². The lowest BCUT2D eigenvalue weighted by Crippen LogP contribution is -2.15. The van der Waals surface area contributed by atoms with Crippen molar-refractivity contribution < 1.29 is 4.79 Å². The third-order valence-corrected chi connectivity index (χ3v) is 3.72. The number of thioether (sulfide) groups is 1. The Balaban J connectivity index is 2.47. The number of hydrogen-bond acceptors (Lipinski definition) is 2. The summed E-state index contributed by atoms with van der Waals surface area (Å²) in [4.78, 5) is 11.7. The van der Waals surface area contributed by atoms with Gasteiger partial charge in [0.15, 0.2) is 0 Å². The van der Waals surface area contributed by atoms with Crippen molar-refractivity contribution in [1.29, 1.82) is 0 Å². The summed E-state index contributed by atoms with van der Waals surface area (Å²) in [7, 11) is 0. The molecule has 0 radical (unpaired) electrons. The first-order chi connectivity index (χ1) is 7.99. The van der Waals surface area contributed by atoms with Crippen LogP contribution in [0.5, 0.6) is 0 Å². The molecule has 0 aliphatic heterocycles. The summed E-state index contributed by atoms with van der Waals surface area (Å²) in [5, 5.41) is 2.96. The molecule has 0 saturated heterocycles. The minimum absolute atomic E-state index is 0.0874. The molecule has 0 spiro atoms. The van der Waals surface area contributed by atoms with Gasteiger partial charge in [-0.25, -0.2) is 0 Å². The Morgan fingerprint density at radius 1 is 1.35 bits per heavy atom. The maximum atomic E-state index is 11.7. The molecule has 0 aliphatic rings. The molecule has 0 unspecified atom stereocenters. The van der Waals surface area contributed by atoms with Crippen LogP contribution < -0.4 is 5.32 Å². The van der Waals surface area contributed by atoms with Crippen molar-refractivity contribution in [2.75, 3.05) is 16.8 Å². The smallest absolute Gasteiger partial charge is 0.234 e. The number of rotatable bonds is 5. The highest BCUT2D eigenvalue weighted by Crippen LogP contribution is 2.17. The summed E-state index contributed by atoms with van der Waals surface area (Å²) in [6, 6.07) is 6.10. The van der Waals surface area contributed by atoms with Crippen LogP contribution in [0, 0.1) is 19.8 Å². The van der Waals surface area contributed by atoms with Crippen LogP contribution >= 0.6 is 11.8 Å². The molecule has 94 valence electrons. The summed E-state index contributed by atoms with van der Waals surface area (Å²) in [6.07, 6.45) is 0. The first kappa shape index (κ1) is 14.1. The molecular weight excluding hydrogens is 230 g/mol. The van der Waals surface area contributed by atoms with Gasteiger partial charge < -0.3 is 5.32 Å². The van der Waals surface area contributed by atoms with Crippen LogP contribution in [0.3, 0.4) is 0 Å². The first-order valence-corrected chi connectivity index (χ1v) is 7.09. The second kappa shape index (κ2) is 6.70. The molecule has 0 aliphatic carbocycles. The Kier molecular flexibility index (Phi) is 5.56. The standard InChI is InChI=1S/C14H21NOS/c1-10(2)8-17-9-14(16)15-13-7-11(3)5-6-12(13)4/h5-7,10H,8-9H2,1-4H3,(H,15,16). The fourth-order valence-electron chi connectivity index (χ4n) is 1.44. The third-order valence-electron chi connectivity index (χ3n) is 2.35. The SMILES string of the molecule is Cc1ccc(C)c(NC(=O)CSCC(C)C)c1. The van der Waals surface area contributed by atoms with E-state index < -0.39 is 0 Å². The van der Waals surface area contributed by atoms with Crippen LogP contribution in [0.15, 0.2) is 18.2 Å². The van der Waals surface area contributed by atoms with E-state index in [0.29, 0.717) is 11.7 Å². The first-order valence-electron chi connectivity index (χ1n) is 5.94. The van der Waals surface area contributed by atoms with Crippen molar-refractivity contribution in [3.63, 3.8) is 0 Å². The van der Waals surface area contributed by atoms with Gasteiger partial charge in [-0.15, -0.1) is 0 Å². The molecule has 1 aromatic rings. The number of amides is 1. The van der Waals surface area contributed by atoms with Gasteiger partial charge in [0.05, 0.1) is 5.75 Å². The fraction of sp³-hybridized carbons (Fsp3) is 0.500. The summed E-state index contributed by atoms with van der Waals surface area (Å²) in [6.45, 7) is 8.37. The molecule has 0 aromatic heterocycles. The van der Waals surface area contributed by atoms with Crippen molar-refractivity contribution in [2.45, 2.75) is 27.7 Å². The Labute approximate surface area is 108 Å². The molecule has 1 rings (SSSR count). The van der Waals surface area contributed by atoms with Crippen LogP contribution in [0.4, 0.5) is 5.69 Å². The van der Waals surface area contributed by atoms with Crippen LogP contribution in [0.25, 0.3) is 0 Å². The Morgan fingerprint density at radius 3 is 2.71 bits per heavy atom. The van der Waals surface area contributed by atoms with Crippen molar-refractivity contribution >= 4 is 23.4 Å². The third kappa shape index (κ3) is 5.26. The molecule has 0 fully saturated rings. The number of benzene rings is 1. The van der Waals surface area contributed by atoms with E-state index in [4.69, 9.17) is 0 Å². The Bertz CT molecular complexity index is 388. The Morgan fingerprint density at radius 2 is 2.06 bits per heavy atom.